The van der Waals surface area contributed by atoms with Gasteiger partial charge in [0.25, 0.3) is 5.91 Å². The first-order chi connectivity index (χ1) is 11.6. The summed E-state index contributed by atoms with van der Waals surface area (Å²) in [6, 6.07) is 13.2. The first-order valence-electron chi connectivity index (χ1n) is 8.27. The maximum absolute atomic E-state index is 12.5. The lowest BCUT2D eigenvalue weighted by Crippen LogP contribution is -2.28. The van der Waals surface area contributed by atoms with Crippen molar-refractivity contribution in [3.8, 4) is 11.5 Å². The van der Waals surface area contributed by atoms with Gasteiger partial charge in [0.05, 0.1) is 19.8 Å². The zero-order valence-electron chi connectivity index (χ0n) is 14.8. The topological polar surface area (TPSA) is 47.6 Å². The molecule has 0 aliphatic heterocycles. The lowest BCUT2D eigenvalue weighted by atomic mass is 10.0. The molecule has 24 heavy (non-hydrogen) atoms. The van der Waals surface area contributed by atoms with Crippen molar-refractivity contribution in [2.24, 2.45) is 0 Å². The van der Waals surface area contributed by atoms with E-state index in [1.54, 1.807) is 19.2 Å². The molecule has 128 valence electrons. The number of rotatable bonds is 7. The van der Waals surface area contributed by atoms with Gasteiger partial charge < -0.3 is 14.8 Å². The fourth-order valence-corrected chi connectivity index (χ4v) is 2.65. The number of amides is 1. The van der Waals surface area contributed by atoms with Crippen LogP contribution in [0.2, 0.25) is 0 Å². The summed E-state index contributed by atoms with van der Waals surface area (Å²) in [6.45, 7) is 6.61. The van der Waals surface area contributed by atoms with Gasteiger partial charge in [-0.05, 0) is 61.7 Å². The summed E-state index contributed by atoms with van der Waals surface area (Å²) in [4.78, 5) is 12.5. The van der Waals surface area contributed by atoms with Gasteiger partial charge in [0.2, 0.25) is 0 Å². The summed E-state index contributed by atoms with van der Waals surface area (Å²) in [5, 5.41) is 3.09. The Bertz CT molecular complexity index is 680. The lowest BCUT2D eigenvalue weighted by molar-refractivity contribution is 0.0935. The van der Waals surface area contributed by atoms with E-state index in [0.29, 0.717) is 12.2 Å². The number of aryl methyl sites for hydroxylation is 1. The number of hydrogen-bond acceptors (Lipinski definition) is 3. The first-order valence-corrected chi connectivity index (χ1v) is 8.27. The predicted octanol–water partition coefficient (Wildman–Crippen LogP) is 4.28. The third kappa shape index (κ3) is 4.28. The molecular formula is C20H25NO3. The van der Waals surface area contributed by atoms with Crippen molar-refractivity contribution >= 4 is 5.91 Å². The third-order valence-electron chi connectivity index (χ3n) is 3.96. The van der Waals surface area contributed by atoms with Crippen LogP contribution in [-0.4, -0.2) is 19.6 Å². The van der Waals surface area contributed by atoms with Crippen molar-refractivity contribution in [1.82, 2.24) is 5.32 Å². The normalized spacial score (nSPS) is 11.7. The second-order valence-corrected chi connectivity index (χ2v) is 5.62. The molecule has 0 aromatic heterocycles. The molecular weight excluding hydrogens is 302 g/mol. The SMILES string of the molecule is CCOc1ccc(C(=O)NC(CC)c2ccc(OC)c(C)c2)cc1. The van der Waals surface area contributed by atoms with E-state index in [1.165, 1.54) is 0 Å². The standard InChI is InChI=1S/C20H25NO3/c1-5-18(16-9-12-19(23-4)14(3)13-16)21-20(22)15-7-10-17(11-8-15)24-6-2/h7-13,18H,5-6H2,1-4H3,(H,21,22). The van der Waals surface area contributed by atoms with Crippen LogP contribution in [-0.2, 0) is 0 Å². The number of carbonyl (C=O) groups is 1. The summed E-state index contributed by atoms with van der Waals surface area (Å²) in [7, 11) is 1.66. The van der Waals surface area contributed by atoms with Crippen molar-refractivity contribution in [3.63, 3.8) is 0 Å². The minimum Gasteiger partial charge on any atom is -0.496 e. The average Bonchev–Trinajstić information content (AvgIpc) is 2.60. The molecule has 0 aliphatic rings. The van der Waals surface area contributed by atoms with E-state index in [1.807, 2.05) is 38.1 Å². The number of nitrogens with one attached hydrogen (secondary N) is 1. The van der Waals surface area contributed by atoms with Gasteiger partial charge in [-0.25, -0.2) is 0 Å². The van der Waals surface area contributed by atoms with Gasteiger partial charge in [0.15, 0.2) is 0 Å². The summed E-state index contributed by atoms with van der Waals surface area (Å²) in [5.41, 5.74) is 2.76. The average molecular weight is 327 g/mol. The molecule has 0 fully saturated rings. The molecule has 1 N–H and O–H groups in total. The van der Waals surface area contributed by atoms with Crippen LogP contribution in [0.5, 0.6) is 11.5 Å². The Hall–Kier alpha value is -2.49. The van der Waals surface area contributed by atoms with Crippen LogP contribution in [0.4, 0.5) is 0 Å². The minimum atomic E-state index is -0.0848. The Labute approximate surface area is 143 Å². The van der Waals surface area contributed by atoms with Gasteiger partial charge in [-0.15, -0.1) is 0 Å². The van der Waals surface area contributed by atoms with Crippen LogP contribution >= 0.6 is 0 Å². The highest BCUT2D eigenvalue weighted by atomic mass is 16.5. The Kier molecular flexibility index (Phi) is 6.24. The quantitative estimate of drug-likeness (QED) is 0.825. The molecule has 2 aromatic rings. The molecule has 0 saturated heterocycles. The molecule has 0 spiro atoms. The van der Waals surface area contributed by atoms with E-state index in [4.69, 9.17) is 9.47 Å². The van der Waals surface area contributed by atoms with Gasteiger partial charge in [0.1, 0.15) is 11.5 Å². The molecule has 4 nitrogen and oxygen atoms in total. The molecule has 1 amide bonds. The van der Waals surface area contributed by atoms with Crippen LogP contribution in [0.15, 0.2) is 42.5 Å². The zero-order valence-corrected chi connectivity index (χ0v) is 14.8. The molecule has 2 aromatic carbocycles. The van der Waals surface area contributed by atoms with Crippen LogP contribution in [0.3, 0.4) is 0 Å². The van der Waals surface area contributed by atoms with Gasteiger partial charge in [0, 0.05) is 5.56 Å². The van der Waals surface area contributed by atoms with Crippen LogP contribution < -0.4 is 14.8 Å². The zero-order chi connectivity index (χ0) is 17.5. The maximum atomic E-state index is 12.5. The molecule has 0 bridgehead atoms. The molecule has 2 rings (SSSR count). The Morgan fingerprint density at radius 1 is 1.12 bits per heavy atom. The molecule has 0 radical (unpaired) electrons. The number of benzene rings is 2. The van der Waals surface area contributed by atoms with Crippen molar-refractivity contribution in [1.29, 1.82) is 0 Å². The highest BCUT2D eigenvalue weighted by molar-refractivity contribution is 5.94. The van der Waals surface area contributed by atoms with Gasteiger partial charge >= 0.3 is 0 Å². The fraction of sp³-hybridized carbons (Fsp3) is 0.350. The van der Waals surface area contributed by atoms with Crippen molar-refractivity contribution in [2.75, 3.05) is 13.7 Å². The Balaban J connectivity index is 2.11. The maximum Gasteiger partial charge on any atom is 0.251 e. The molecule has 1 unspecified atom stereocenters. The van der Waals surface area contributed by atoms with Crippen LogP contribution in [0.25, 0.3) is 0 Å². The van der Waals surface area contributed by atoms with E-state index >= 15 is 0 Å². The van der Waals surface area contributed by atoms with Crippen molar-refractivity contribution < 1.29 is 14.3 Å². The number of ether oxygens (including phenoxy) is 2. The van der Waals surface area contributed by atoms with Gasteiger partial charge in [-0.3, -0.25) is 4.79 Å². The largest absolute Gasteiger partial charge is 0.496 e. The Morgan fingerprint density at radius 2 is 1.83 bits per heavy atom. The monoisotopic (exact) mass is 327 g/mol. The Morgan fingerprint density at radius 3 is 2.38 bits per heavy atom. The summed E-state index contributed by atoms with van der Waals surface area (Å²) < 4.78 is 10.7. The number of methoxy groups -OCH3 is 1. The van der Waals surface area contributed by atoms with E-state index < -0.39 is 0 Å². The van der Waals surface area contributed by atoms with E-state index in [-0.39, 0.29) is 11.9 Å². The van der Waals surface area contributed by atoms with Gasteiger partial charge in [-0.2, -0.15) is 0 Å². The van der Waals surface area contributed by atoms with Crippen molar-refractivity contribution in [3.05, 3.63) is 59.2 Å². The fourth-order valence-electron chi connectivity index (χ4n) is 2.65. The first kappa shape index (κ1) is 17.9. The minimum absolute atomic E-state index is 0.0336. The molecule has 0 aliphatic carbocycles. The second-order valence-electron chi connectivity index (χ2n) is 5.62. The smallest absolute Gasteiger partial charge is 0.251 e. The number of hydrogen-bond donors (Lipinski definition) is 1. The summed E-state index contributed by atoms with van der Waals surface area (Å²) in [6.07, 6.45) is 0.814. The van der Waals surface area contributed by atoms with E-state index in [0.717, 1.165) is 29.0 Å². The molecule has 0 heterocycles. The lowest BCUT2D eigenvalue weighted by Gasteiger charge is -2.19. The van der Waals surface area contributed by atoms with E-state index in [9.17, 15) is 4.79 Å². The molecule has 1 atom stereocenters. The summed E-state index contributed by atoms with van der Waals surface area (Å²) in [5.74, 6) is 1.54. The van der Waals surface area contributed by atoms with Crippen LogP contribution in [0, 0.1) is 6.92 Å². The second kappa shape index (κ2) is 8.39. The molecule has 0 saturated carbocycles. The van der Waals surface area contributed by atoms with Crippen molar-refractivity contribution in [2.45, 2.75) is 33.2 Å². The molecule has 4 heteroatoms. The van der Waals surface area contributed by atoms with Gasteiger partial charge in [-0.1, -0.05) is 19.1 Å². The van der Waals surface area contributed by atoms with Crippen LogP contribution in [0.1, 0.15) is 47.8 Å². The number of carbonyl (C=O) groups excluding carboxylic acids is 1. The van der Waals surface area contributed by atoms with E-state index in [2.05, 4.69) is 18.3 Å². The highest BCUT2D eigenvalue weighted by Crippen LogP contribution is 2.24. The third-order valence-corrected chi connectivity index (χ3v) is 3.96. The summed E-state index contributed by atoms with van der Waals surface area (Å²) >= 11 is 0. The predicted molar refractivity (Wildman–Crippen MR) is 95.8 cm³/mol. The highest BCUT2D eigenvalue weighted by Gasteiger charge is 2.15.